The Bertz CT molecular complexity index is 844. The van der Waals surface area contributed by atoms with Crippen LogP contribution in [-0.4, -0.2) is 22.8 Å². The number of amides is 1. The second-order valence-electron chi connectivity index (χ2n) is 5.87. The first-order valence-corrected chi connectivity index (χ1v) is 8.21. The van der Waals surface area contributed by atoms with Crippen LogP contribution >= 0.6 is 11.3 Å². The third kappa shape index (κ3) is 2.37. The number of Topliss-reactive ketones (excluding diaryl/α,β-unsaturated/α-hetero) is 1. The van der Waals surface area contributed by atoms with Gasteiger partial charge in [0.1, 0.15) is 5.00 Å². The molecule has 24 heavy (non-hydrogen) atoms. The molecule has 2 aromatic rings. The minimum atomic E-state index is -1.14. The molecule has 5 N–H and O–H groups in total. The Kier molecular flexibility index (Phi) is 3.88. The molecule has 0 saturated carbocycles. The predicted octanol–water partition coefficient (Wildman–Crippen LogP) is 1.97. The SMILES string of the molecule is NC(=O)CC1(c2ccccc2)CCc2c(sc(N)c2C(=O)O)C1=O. The molecule has 6 nitrogen and oxygen atoms in total. The van der Waals surface area contributed by atoms with Crippen molar-refractivity contribution in [3.63, 3.8) is 0 Å². The zero-order valence-corrected chi connectivity index (χ0v) is 13.6. The normalized spacial score (nSPS) is 19.8. The summed E-state index contributed by atoms with van der Waals surface area (Å²) in [7, 11) is 0. The number of rotatable bonds is 4. The Labute approximate surface area is 142 Å². The number of primary amides is 1. The van der Waals surface area contributed by atoms with Crippen molar-refractivity contribution in [2.24, 2.45) is 5.73 Å². The number of carboxylic acid groups (broad SMARTS) is 1. The van der Waals surface area contributed by atoms with Crippen LogP contribution in [0.15, 0.2) is 30.3 Å². The van der Waals surface area contributed by atoms with Crippen molar-refractivity contribution in [1.29, 1.82) is 0 Å². The number of fused-ring (bicyclic) bond motifs is 1. The molecule has 0 radical (unpaired) electrons. The summed E-state index contributed by atoms with van der Waals surface area (Å²) in [5, 5.41) is 9.45. The van der Waals surface area contributed by atoms with Crippen LogP contribution in [0, 0.1) is 0 Å². The third-order valence-electron chi connectivity index (χ3n) is 4.49. The van der Waals surface area contributed by atoms with Gasteiger partial charge in [-0.3, -0.25) is 9.59 Å². The van der Waals surface area contributed by atoms with E-state index in [4.69, 9.17) is 11.5 Å². The molecule has 1 aromatic carbocycles. The third-order valence-corrected chi connectivity index (χ3v) is 5.55. The van der Waals surface area contributed by atoms with Crippen molar-refractivity contribution in [1.82, 2.24) is 0 Å². The van der Waals surface area contributed by atoms with Gasteiger partial charge in [0.05, 0.1) is 15.9 Å². The number of nitrogen functional groups attached to an aromatic ring is 1. The minimum absolute atomic E-state index is 0.00378. The smallest absolute Gasteiger partial charge is 0.338 e. The van der Waals surface area contributed by atoms with Crippen molar-refractivity contribution in [2.75, 3.05) is 5.73 Å². The summed E-state index contributed by atoms with van der Waals surface area (Å²) in [6.07, 6.45) is 0.566. The number of ketones is 1. The Hall–Kier alpha value is -2.67. The Balaban J connectivity index is 2.18. The number of hydrogen-bond donors (Lipinski definition) is 3. The van der Waals surface area contributed by atoms with Gasteiger partial charge in [-0.25, -0.2) is 4.79 Å². The summed E-state index contributed by atoms with van der Waals surface area (Å²) in [6.45, 7) is 0. The van der Waals surface area contributed by atoms with E-state index in [0.717, 1.165) is 11.3 Å². The number of benzene rings is 1. The van der Waals surface area contributed by atoms with Gasteiger partial charge in [0.15, 0.2) is 5.78 Å². The lowest BCUT2D eigenvalue weighted by Gasteiger charge is -2.35. The van der Waals surface area contributed by atoms with E-state index in [-0.39, 0.29) is 22.8 Å². The van der Waals surface area contributed by atoms with E-state index in [0.29, 0.717) is 28.8 Å². The fourth-order valence-corrected chi connectivity index (χ4v) is 4.56. The van der Waals surface area contributed by atoms with Crippen LogP contribution in [0.5, 0.6) is 0 Å². The summed E-state index contributed by atoms with van der Waals surface area (Å²) < 4.78 is 0. The summed E-state index contributed by atoms with van der Waals surface area (Å²) in [5.74, 6) is -1.99. The van der Waals surface area contributed by atoms with Crippen molar-refractivity contribution in [3.8, 4) is 0 Å². The highest BCUT2D eigenvalue weighted by Crippen LogP contribution is 2.46. The van der Waals surface area contributed by atoms with E-state index >= 15 is 0 Å². The van der Waals surface area contributed by atoms with Gasteiger partial charge in [-0.15, -0.1) is 11.3 Å². The number of carboxylic acids is 1. The highest BCUT2D eigenvalue weighted by Gasteiger charge is 2.47. The molecule has 1 aromatic heterocycles. The van der Waals surface area contributed by atoms with E-state index in [9.17, 15) is 19.5 Å². The van der Waals surface area contributed by atoms with Crippen LogP contribution in [-0.2, 0) is 16.6 Å². The average molecular weight is 344 g/mol. The van der Waals surface area contributed by atoms with E-state index in [1.165, 1.54) is 0 Å². The molecule has 0 spiro atoms. The summed E-state index contributed by atoms with van der Waals surface area (Å²) >= 11 is 0.973. The van der Waals surface area contributed by atoms with Crippen molar-refractivity contribution < 1.29 is 19.5 Å². The Morgan fingerprint density at radius 3 is 2.50 bits per heavy atom. The number of carbonyl (C=O) groups is 3. The molecular weight excluding hydrogens is 328 g/mol. The molecule has 1 aliphatic rings. The largest absolute Gasteiger partial charge is 0.478 e. The van der Waals surface area contributed by atoms with Gasteiger partial charge < -0.3 is 16.6 Å². The lowest BCUT2D eigenvalue weighted by molar-refractivity contribution is -0.119. The van der Waals surface area contributed by atoms with Crippen molar-refractivity contribution in [3.05, 3.63) is 51.9 Å². The first-order valence-electron chi connectivity index (χ1n) is 7.40. The van der Waals surface area contributed by atoms with Gasteiger partial charge >= 0.3 is 5.97 Å². The molecule has 1 aliphatic carbocycles. The summed E-state index contributed by atoms with van der Waals surface area (Å²) in [5.41, 5.74) is 11.3. The maximum Gasteiger partial charge on any atom is 0.338 e. The van der Waals surface area contributed by atoms with Crippen LogP contribution in [0.25, 0.3) is 0 Å². The van der Waals surface area contributed by atoms with Crippen molar-refractivity contribution >= 4 is 34.0 Å². The standard InChI is InChI=1S/C17H16N2O4S/c18-11(20)8-17(9-4-2-1-3-5-9)7-6-10-12(16(22)23)15(19)24-13(10)14(17)21/h1-5H,6-8,19H2,(H2,18,20)(H,22,23). The quantitative estimate of drug-likeness (QED) is 0.782. The van der Waals surface area contributed by atoms with E-state index in [1.54, 1.807) is 24.3 Å². The molecule has 3 rings (SSSR count). The van der Waals surface area contributed by atoms with Crippen molar-refractivity contribution in [2.45, 2.75) is 24.7 Å². The first kappa shape index (κ1) is 16.2. The second kappa shape index (κ2) is 5.76. The summed E-state index contributed by atoms with van der Waals surface area (Å²) in [4.78, 5) is 36.6. The van der Waals surface area contributed by atoms with Crippen LogP contribution in [0.4, 0.5) is 5.00 Å². The van der Waals surface area contributed by atoms with Gasteiger partial charge in [-0.1, -0.05) is 30.3 Å². The number of hydrogen-bond acceptors (Lipinski definition) is 5. The fourth-order valence-electron chi connectivity index (χ4n) is 3.41. The van der Waals surface area contributed by atoms with Gasteiger partial charge in [0.2, 0.25) is 5.91 Å². The monoisotopic (exact) mass is 344 g/mol. The summed E-state index contributed by atoms with van der Waals surface area (Å²) in [6, 6.07) is 9.01. The highest BCUT2D eigenvalue weighted by atomic mass is 32.1. The van der Waals surface area contributed by atoms with Gasteiger partial charge in [0, 0.05) is 6.42 Å². The molecule has 0 saturated heterocycles. The predicted molar refractivity (Wildman–Crippen MR) is 90.3 cm³/mol. The van der Waals surface area contributed by atoms with Crippen LogP contribution in [0.1, 0.15) is 44.0 Å². The topological polar surface area (TPSA) is 123 Å². The molecule has 1 amide bonds. The van der Waals surface area contributed by atoms with Gasteiger partial charge in [0.25, 0.3) is 0 Å². The number of nitrogens with two attached hydrogens (primary N) is 2. The van der Waals surface area contributed by atoms with E-state index in [2.05, 4.69) is 0 Å². The lowest BCUT2D eigenvalue weighted by atomic mass is 9.66. The molecule has 1 heterocycles. The molecule has 1 unspecified atom stereocenters. The van der Waals surface area contributed by atoms with E-state index in [1.807, 2.05) is 6.07 Å². The molecule has 0 bridgehead atoms. The Morgan fingerprint density at radius 1 is 1.25 bits per heavy atom. The first-order chi connectivity index (χ1) is 11.4. The zero-order chi connectivity index (χ0) is 17.5. The molecule has 124 valence electrons. The molecule has 7 heteroatoms. The molecule has 0 aliphatic heterocycles. The maximum atomic E-state index is 13.2. The molecule has 1 atom stereocenters. The zero-order valence-electron chi connectivity index (χ0n) is 12.7. The van der Waals surface area contributed by atoms with Crippen LogP contribution in [0.2, 0.25) is 0 Å². The van der Waals surface area contributed by atoms with Gasteiger partial charge in [-0.2, -0.15) is 0 Å². The second-order valence-corrected chi connectivity index (χ2v) is 6.93. The van der Waals surface area contributed by atoms with Gasteiger partial charge in [-0.05, 0) is 24.0 Å². The van der Waals surface area contributed by atoms with E-state index < -0.39 is 17.3 Å². The maximum absolute atomic E-state index is 13.2. The average Bonchev–Trinajstić information content (AvgIpc) is 2.88. The number of anilines is 1. The highest BCUT2D eigenvalue weighted by molar-refractivity contribution is 7.18. The lowest BCUT2D eigenvalue weighted by Crippen LogP contribution is -2.43. The number of aromatic carboxylic acids is 1. The number of carbonyl (C=O) groups excluding carboxylic acids is 2. The number of thiophene rings is 1. The van der Waals surface area contributed by atoms with Crippen LogP contribution < -0.4 is 11.5 Å². The Morgan fingerprint density at radius 2 is 1.92 bits per heavy atom. The van der Waals surface area contributed by atoms with Crippen LogP contribution in [0.3, 0.4) is 0 Å². The fraction of sp³-hybridized carbons (Fsp3) is 0.235. The molecule has 0 fully saturated rings. The molecular formula is C17H16N2O4S. The minimum Gasteiger partial charge on any atom is -0.478 e.